The molecular formula is C12H16N2O4. The summed E-state index contributed by atoms with van der Waals surface area (Å²) in [4.78, 5) is 36.5. The third-order valence-corrected chi connectivity index (χ3v) is 2.47. The number of pyridine rings is 1. The number of carboxylic acid groups (broad SMARTS) is 1. The summed E-state index contributed by atoms with van der Waals surface area (Å²) < 4.78 is 0. The van der Waals surface area contributed by atoms with Crippen molar-refractivity contribution in [3.63, 3.8) is 0 Å². The summed E-state index contributed by atoms with van der Waals surface area (Å²) in [6.07, 6.45) is 1.66. The monoisotopic (exact) mass is 252 g/mol. The molecule has 3 N–H and O–H groups in total. The SMILES string of the molecule is Cc1cc(=O)c(C(=O)NC(C)CCC(=O)O)c[nH]1. The number of carbonyl (C=O) groups is 2. The smallest absolute Gasteiger partial charge is 0.303 e. The van der Waals surface area contributed by atoms with Crippen molar-refractivity contribution >= 4 is 11.9 Å². The van der Waals surface area contributed by atoms with Crippen LogP contribution in [0, 0.1) is 6.92 Å². The molecule has 0 radical (unpaired) electrons. The Balaban J connectivity index is 2.65. The first-order chi connectivity index (χ1) is 8.40. The second kappa shape index (κ2) is 6.00. The summed E-state index contributed by atoms with van der Waals surface area (Å²) in [5, 5.41) is 11.1. The average Bonchev–Trinajstić information content (AvgIpc) is 2.26. The minimum absolute atomic E-state index is 0.0221. The highest BCUT2D eigenvalue weighted by Crippen LogP contribution is 1.99. The van der Waals surface area contributed by atoms with Gasteiger partial charge in [0.1, 0.15) is 5.56 Å². The maximum absolute atomic E-state index is 11.8. The van der Waals surface area contributed by atoms with E-state index in [-0.39, 0.29) is 23.5 Å². The molecular weight excluding hydrogens is 236 g/mol. The van der Waals surface area contributed by atoms with Crippen LogP contribution in [0.1, 0.15) is 35.8 Å². The normalized spacial score (nSPS) is 11.9. The van der Waals surface area contributed by atoms with Crippen LogP contribution in [0.25, 0.3) is 0 Å². The fraction of sp³-hybridized carbons (Fsp3) is 0.417. The van der Waals surface area contributed by atoms with E-state index < -0.39 is 11.9 Å². The Morgan fingerprint density at radius 2 is 2.17 bits per heavy atom. The highest BCUT2D eigenvalue weighted by molar-refractivity contribution is 5.93. The van der Waals surface area contributed by atoms with Crippen LogP contribution in [0.2, 0.25) is 0 Å². The van der Waals surface area contributed by atoms with E-state index in [1.165, 1.54) is 12.3 Å². The Bertz CT molecular complexity index is 507. The Morgan fingerprint density at radius 3 is 2.72 bits per heavy atom. The van der Waals surface area contributed by atoms with E-state index in [9.17, 15) is 14.4 Å². The van der Waals surface area contributed by atoms with Gasteiger partial charge >= 0.3 is 5.97 Å². The van der Waals surface area contributed by atoms with Gasteiger partial charge in [0.25, 0.3) is 5.91 Å². The summed E-state index contributed by atoms with van der Waals surface area (Å²) in [6, 6.07) is 1.05. The number of hydrogen-bond acceptors (Lipinski definition) is 3. The molecule has 1 atom stereocenters. The van der Waals surface area contributed by atoms with Crippen molar-refractivity contribution in [3.05, 3.63) is 33.7 Å². The summed E-state index contributed by atoms with van der Waals surface area (Å²) in [6.45, 7) is 3.42. The molecule has 1 rings (SSSR count). The minimum Gasteiger partial charge on any atom is -0.481 e. The van der Waals surface area contributed by atoms with Gasteiger partial charge in [-0.1, -0.05) is 0 Å². The lowest BCUT2D eigenvalue weighted by molar-refractivity contribution is -0.137. The molecule has 1 unspecified atom stereocenters. The first-order valence-corrected chi connectivity index (χ1v) is 5.62. The molecule has 1 amide bonds. The van der Waals surface area contributed by atoms with Crippen molar-refractivity contribution in [2.75, 3.05) is 0 Å². The Kier molecular flexibility index (Phi) is 4.65. The van der Waals surface area contributed by atoms with Crippen LogP contribution in [0.15, 0.2) is 17.1 Å². The molecule has 6 nitrogen and oxygen atoms in total. The van der Waals surface area contributed by atoms with Crippen LogP contribution in [0.4, 0.5) is 0 Å². The van der Waals surface area contributed by atoms with Gasteiger partial charge in [0.05, 0.1) is 0 Å². The second-order valence-corrected chi connectivity index (χ2v) is 4.20. The van der Waals surface area contributed by atoms with Gasteiger partial charge in [-0.15, -0.1) is 0 Å². The van der Waals surface area contributed by atoms with E-state index in [0.717, 1.165) is 0 Å². The standard InChI is InChI=1S/C12H16N2O4/c1-7(3-4-11(16)17)14-12(18)9-6-13-8(2)5-10(9)15/h5-7H,3-4H2,1-2H3,(H,13,15)(H,14,18)(H,16,17). The lowest BCUT2D eigenvalue weighted by Crippen LogP contribution is -2.35. The predicted molar refractivity (Wildman–Crippen MR) is 65.6 cm³/mol. The molecule has 0 aliphatic heterocycles. The fourth-order valence-electron chi connectivity index (χ4n) is 1.46. The van der Waals surface area contributed by atoms with Crippen molar-refractivity contribution in [1.29, 1.82) is 0 Å². The van der Waals surface area contributed by atoms with Gasteiger partial charge in [-0.25, -0.2) is 0 Å². The Hall–Kier alpha value is -2.11. The molecule has 0 fully saturated rings. The number of rotatable bonds is 5. The molecule has 0 spiro atoms. The zero-order valence-electron chi connectivity index (χ0n) is 10.3. The van der Waals surface area contributed by atoms with Gasteiger partial charge in [0, 0.05) is 30.4 Å². The Labute approximate surface area is 104 Å². The van der Waals surface area contributed by atoms with Gasteiger partial charge in [0.2, 0.25) is 0 Å². The molecule has 1 aromatic rings. The average molecular weight is 252 g/mol. The molecule has 0 aliphatic carbocycles. The number of aliphatic carboxylic acids is 1. The van der Waals surface area contributed by atoms with Crippen molar-refractivity contribution in [3.8, 4) is 0 Å². The molecule has 1 aromatic heterocycles. The lowest BCUT2D eigenvalue weighted by Gasteiger charge is -2.12. The number of carboxylic acids is 1. The molecule has 0 aliphatic rings. The number of aromatic amines is 1. The third-order valence-electron chi connectivity index (χ3n) is 2.47. The lowest BCUT2D eigenvalue weighted by atomic mass is 10.1. The molecule has 98 valence electrons. The second-order valence-electron chi connectivity index (χ2n) is 4.20. The molecule has 0 bridgehead atoms. The van der Waals surface area contributed by atoms with Gasteiger partial charge in [0.15, 0.2) is 5.43 Å². The van der Waals surface area contributed by atoms with Crippen LogP contribution >= 0.6 is 0 Å². The molecule has 0 saturated carbocycles. The van der Waals surface area contributed by atoms with Gasteiger partial charge in [-0.05, 0) is 20.3 Å². The number of amides is 1. The van der Waals surface area contributed by atoms with Crippen molar-refractivity contribution in [2.24, 2.45) is 0 Å². The van der Waals surface area contributed by atoms with Crippen LogP contribution in [-0.4, -0.2) is 28.0 Å². The van der Waals surface area contributed by atoms with E-state index in [1.54, 1.807) is 13.8 Å². The van der Waals surface area contributed by atoms with Gasteiger partial charge in [-0.3, -0.25) is 14.4 Å². The van der Waals surface area contributed by atoms with E-state index in [2.05, 4.69) is 10.3 Å². The first kappa shape index (κ1) is 14.0. The number of H-pyrrole nitrogens is 1. The zero-order valence-corrected chi connectivity index (χ0v) is 10.3. The number of aryl methyl sites for hydroxylation is 1. The van der Waals surface area contributed by atoms with Crippen LogP contribution in [-0.2, 0) is 4.79 Å². The van der Waals surface area contributed by atoms with Crippen molar-refractivity contribution in [2.45, 2.75) is 32.7 Å². The maximum Gasteiger partial charge on any atom is 0.303 e. The van der Waals surface area contributed by atoms with Gasteiger partial charge in [-0.2, -0.15) is 0 Å². The molecule has 1 heterocycles. The van der Waals surface area contributed by atoms with E-state index in [4.69, 9.17) is 5.11 Å². The van der Waals surface area contributed by atoms with E-state index in [0.29, 0.717) is 12.1 Å². The highest BCUT2D eigenvalue weighted by Gasteiger charge is 2.13. The predicted octanol–water partition coefficient (Wildman–Crippen LogP) is 0.666. The van der Waals surface area contributed by atoms with Gasteiger partial charge < -0.3 is 15.4 Å². The van der Waals surface area contributed by atoms with E-state index >= 15 is 0 Å². The third kappa shape index (κ3) is 4.04. The van der Waals surface area contributed by atoms with Crippen LogP contribution in [0.5, 0.6) is 0 Å². The van der Waals surface area contributed by atoms with Crippen molar-refractivity contribution in [1.82, 2.24) is 10.3 Å². The van der Waals surface area contributed by atoms with Crippen molar-refractivity contribution < 1.29 is 14.7 Å². The summed E-state index contributed by atoms with van der Waals surface area (Å²) >= 11 is 0. The topological polar surface area (TPSA) is 99.3 Å². The largest absolute Gasteiger partial charge is 0.481 e. The molecule has 0 saturated heterocycles. The summed E-state index contributed by atoms with van der Waals surface area (Å²) in [5.74, 6) is -1.40. The maximum atomic E-state index is 11.8. The number of carbonyl (C=O) groups excluding carboxylic acids is 1. The van der Waals surface area contributed by atoms with Crippen LogP contribution < -0.4 is 10.7 Å². The molecule has 6 heteroatoms. The number of hydrogen-bond donors (Lipinski definition) is 3. The zero-order chi connectivity index (χ0) is 13.7. The Morgan fingerprint density at radius 1 is 1.50 bits per heavy atom. The summed E-state index contributed by atoms with van der Waals surface area (Å²) in [5.41, 5.74) is 0.354. The number of aromatic nitrogens is 1. The van der Waals surface area contributed by atoms with E-state index in [1.807, 2.05) is 0 Å². The highest BCUT2D eigenvalue weighted by atomic mass is 16.4. The molecule has 0 aromatic carbocycles. The van der Waals surface area contributed by atoms with Crippen LogP contribution in [0.3, 0.4) is 0 Å². The fourth-order valence-corrected chi connectivity index (χ4v) is 1.46. The quantitative estimate of drug-likeness (QED) is 0.717. The summed E-state index contributed by atoms with van der Waals surface area (Å²) in [7, 11) is 0. The molecule has 18 heavy (non-hydrogen) atoms. The minimum atomic E-state index is -0.913. The first-order valence-electron chi connectivity index (χ1n) is 5.62. The number of nitrogens with one attached hydrogen (secondary N) is 2.